The highest BCUT2D eigenvalue weighted by Crippen LogP contribution is 2.27. The SMILES string of the molecule is CC(C)CC(C)Nc1cc(C(=O)N(C)C)ccc1[N+](=O)[O-]. The predicted octanol–water partition coefficient (Wildman–Crippen LogP) is 3.14. The summed E-state index contributed by atoms with van der Waals surface area (Å²) in [7, 11) is 3.30. The van der Waals surface area contributed by atoms with E-state index < -0.39 is 4.92 Å². The Labute approximate surface area is 125 Å². The first-order valence-corrected chi connectivity index (χ1v) is 6.99. The summed E-state index contributed by atoms with van der Waals surface area (Å²) < 4.78 is 0. The third kappa shape index (κ3) is 4.73. The number of hydrogen-bond donors (Lipinski definition) is 1. The van der Waals surface area contributed by atoms with Gasteiger partial charge in [-0.1, -0.05) is 13.8 Å². The molecule has 1 N–H and O–H groups in total. The minimum absolute atomic E-state index is 0.0130. The summed E-state index contributed by atoms with van der Waals surface area (Å²) in [6.45, 7) is 6.17. The highest BCUT2D eigenvalue weighted by molar-refractivity contribution is 5.95. The molecular formula is C15H23N3O3. The zero-order valence-corrected chi connectivity index (χ0v) is 13.2. The first-order valence-electron chi connectivity index (χ1n) is 6.99. The van der Waals surface area contributed by atoms with E-state index in [1.807, 2.05) is 6.92 Å². The van der Waals surface area contributed by atoms with Gasteiger partial charge in [-0.05, 0) is 31.4 Å². The molecule has 0 aromatic heterocycles. The van der Waals surface area contributed by atoms with Crippen LogP contribution in [0.2, 0.25) is 0 Å². The monoisotopic (exact) mass is 293 g/mol. The van der Waals surface area contributed by atoms with Crippen LogP contribution >= 0.6 is 0 Å². The molecule has 0 aliphatic carbocycles. The van der Waals surface area contributed by atoms with E-state index in [1.165, 1.54) is 17.0 Å². The van der Waals surface area contributed by atoms with Gasteiger partial charge in [0.1, 0.15) is 5.69 Å². The number of carbonyl (C=O) groups is 1. The molecule has 0 saturated heterocycles. The maximum atomic E-state index is 12.0. The number of carbonyl (C=O) groups excluding carboxylic acids is 1. The van der Waals surface area contributed by atoms with Crippen LogP contribution in [0.3, 0.4) is 0 Å². The lowest BCUT2D eigenvalue weighted by Gasteiger charge is -2.18. The van der Waals surface area contributed by atoms with Gasteiger partial charge in [0.05, 0.1) is 4.92 Å². The smallest absolute Gasteiger partial charge is 0.292 e. The van der Waals surface area contributed by atoms with Crippen molar-refractivity contribution in [3.05, 3.63) is 33.9 Å². The molecule has 0 fully saturated rings. The number of nitro groups is 1. The van der Waals surface area contributed by atoms with Crippen LogP contribution in [0.4, 0.5) is 11.4 Å². The van der Waals surface area contributed by atoms with Gasteiger partial charge in [0.15, 0.2) is 0 Å². The Kier molecular flexibility index (Phi) is 5.69. The summed E-state index contributed by atoms with van der Waals surface area (Å²) >= 11 is 0. The van der Waals surface area contributed by atoms with Crippen LogP contribution in [-0.2, 0) is 0 Å². The molecule has 0 radical (unpaired) electrons. The van der Waals surface area contributed by atoms with Gasteiger partial charge < -0.3 is 10.2 Å². The molecule has 1 aromatic rings. The van der Waals surface area contributed by atoms with Crippen molar-refractivity contribution in [2.75, 3.05) is 19.4 Å². The maximum absolute atomic E-state index is 12.0. The Bertz CT molecular complexity index is 527. The number of amides is 1. The van der Waals surface area contributed by atoms with Gasteiger partial charge in [0.2, 0.25) is 0 Å². The molecule has 0 spiro atoms. The first kappa shape index (κ1) is 16.9. The number of rotatable bonds is 6. The summed E-state index contributed by atoms with van der Waals surface area (Å²) in [5.74, 6) is 0.308. The predicted molar refractivity (Wildman–Crippen MR) is 83.7 cm³/mol. The molecule has 116 valence electrons. The average Bonchev–Trinajstić information content (AvgIpc) is 2.36. The topological polar surface area (TPSA) is 75.5 Å². The van der Waals surface area contributed by atoms with Gasteiger partial charge in [-0.15, -0.1) is 0 Å². The lowest BCUT2D eigenvalue weighted by molar-refractivity contribution is -0.384. The first-order chi connectivity index (χ1) is 9.72. The fraction of sp³-hybridized carbons (Fsp3) is 0.533. The number of anilines is 1. The van der Waals surface area contributed by atoms with E-state index in [1.54, 1.807) is 20.2 Å². The normalized spacial score (nSPS) is 12.1. The van der Waals surface area contributed by atoms with Gasteiger partial charge in [0, 0.05) is 31.8 Å². The zero-order chi connectivity index (χ0) is 16.2. The van der Waals surface area contributed by atoms with Gasteiger partial charge in [0.25, 0.3) is 11.6 Å². The van der Waals surface area contributed by atoms with E-state index in [4.69, 9.17) is 0 Å². The van der Waals surface area contributed by atoms with Crippen LogP contribution in [0.25, 0.3) is 0 Å². The molecule has 1 rings (SSSR count). The fourth-order valence-electron chi connectivity index (χ4n) is 2.23. The van der Waals surface area contributed by atoms with Crippen molar-refractivity contribution in [2.45, 2.75) is 33.2 Å². The molecule has 1 unspecified atom stereocenters. The molecule has 6 nitrogen and oxygen atoms in total. The second-order valence-electron chi connectivity index (χ2n) is 5.86. The average molecular weight is 293 g/mol. The Morgan fingerprint density at radius 2 is 1.95 bits per heavy atom. The Hall–Kier alpha value is -2.11. The number of nitrogens with one attached hydrogen (secondary N) is 1. The lowest BCUT2D eigenvalue weighted by Crippen LogP contribution is -2.22. The number of nitrogens with zero attached hydrogens (tertiary/aromatic N) is 2. The third-order valence-electron chi connectivity index (χ3n) is 3.07. The molecular weight excluding hydrogens is 270 g/mol. The lowest BCUT2D eigenvalue weighted by atomic mass is 10.0. The van der Waals surface area contributed by atoms with Crippen molar-refractivity contribution in [1.82, 2.24) is 4.90 Å². The van der Waals surface area contributed by atoms with E-state index in [0.717, 1.165) is 6.42 Å². The Morgan fingerprint density at radius 3 is 2.43 bits per heavy atom. The van der Waals surface area contributed by atoms with Crippen LogP contribution in [0.15, 0.2) is 18.2 Å². The van der Waals surface area contributed by atoms with Crippen LogP contribution < -0.4 is 5.32 Å². The second-order valence-corrected chi connectivity index (χ2v) is 5.86. The van der Waals surface area contributed by atoms with Crippen molar-refractivity contribution >= 4 is 17.3 Å². The summed E-state index contributed by atoms with van der Waals surface area (Å²) in [6.07, 6.45) is 0.892. The second kappa shape index (κ2) is 7.06. The molecule has 0 aliphatic heterocycles. The highest BCUT2D eigenvalue weighted by atomic mass is 16.6. The van der Waals surface area contributed by atoms with Crippen LogP contribution in [0, 0.1) is 16.0 Å². The molecule has 0 saturated carbocycles. The highest BCUT2D eigenvalue weighted by Gasteiger charge is 2.19. The van der Waals surface area contributed by atoms with Gasteiger partial charge >= 0.3 is 0 Å². The minimum atomic E-state index is -0.436. The standard InChI is InChI=1S/C15H23N3O3/c1-10(2)8-11(3)16-13-9-12(15(19)17(4)5)6-7-14(13)18(20)21/h6-7,9-11,16H,8H2,1-5H3. The summed E-state index contributed by atoms with van der Waals surface area (Å²) in [5.41, 5.74) is 0.812. The van der Waals surface area contributed by atoms with Crippen molar-refractivity contribution in [2.24, 2.45) is 5.92 Å². The van der Waals surface area contributed by atoms with Gasteiger partial charge in [-0.25, -0.2) is 0 Å². The van der Waals surface area contributed by atoms with E-state index in [2.05, 4.69) is 19.2 Å². The van der Waals surface area contributed by atoms with Gasteiger partial charge in [-0.3, -0.25) is 14.9 Å². The number of hydrogen-bond acceptors (Lipinski definition) is 4. The van der Waals surface area contributed by atoms with Crippen LogP contribution in [0.1, 0.15) is 37.6 Å². The summed E-state index contributed by atoms with van der Waals surface area (Å²) in [6, 6.07) is 4.51. The molecule has 21 heavy (non-hydrogen) atoms. The van der Waals surface area contributed by atoms with E-state index in [-0.39, 0.29) is 17.6 Å². The van der Waals surface area contributed by atoms with E-state index in [0.29, 0.717) is 17.2 Å². The summed E-state index contributed by atoms with van der Waals surface area (Å²) in [5, 5.41) is 14.3. The maximum Gasteiger partial charge on any atom is 0.292 e. The molecule has 1 atom stereocenters. The largest absolute Gasteiger partial charge is 0.377 e. The van der Waals surface area contributed by atoms with Crippen molar-refractivity contribution < 1.29 is 9.72 Å². The Balaban J connectivity index is 3.10. The molecule has 0 bridgehead atoms. The molecule has 6 heteroatoms. The van der Waals surface area contributed by atoms with Crippen LogP contribution in [-0.4, -0.2) is 35.9 Å². The molecule has 0 heterocycles. The third-order valence-corrected chi connectivity index (χ3v) is 3.07. The van der Waals surface area contributed by atoms with Crippen molar-refractivity contribution in [3.63, 3.8) is 0 Å². The van der Waals surface area contributed by atoms with Gasteiger partial charge in [-0.2, -0.15) is 0 Å². The number of benzene rings is 1. The van der Waals surface area contributed by atoms with Crippen LogP contribution in [0.5, 0.6) is 0 Å². The summed E-state index contributed by atoms with van der Waals surface area (Å²) in [4.78, 5) is 24.1. The van der Waals surface area contributed by atoms with Crippen molar-refractivity contribution in [3.8, 4) is 0 Å². The zero-order valence-electron chi connectivity index (χ0n) is 13.2. The minimum Gasteiger partial charge on any atom is -0.377 e. The van der Waals surface area contributed by atoms with E-state index >= 15 is 0 Å². The molecule has 1 aromatic carbocycles. The Morgan fingerprint density at radius 1 is 1.33 bits per heavy atom. The van der Waals surface area contributed by atoms with Crippen molar-refractivity contribution in [1.29, 1.82) is 0 Å². The molecule has 1 amide bonds. The fourth-order valence-corrected chi connectivity index (χ4v) is 2.23. The quantitative estimate of drug-likeness (QED) is 0.645. The number of nitro benzene ring substituents is 1. The molecule has 0 aliphatic rings. The van der Waals surface area contributed by atoms with E-state index in [9.17, 15) is 14.9 Å².